The molecule has 0 bridgehead atoms. The van der Waals surface area contributed by atoms with Gasteiger partial charge in [-0.2, -0.15) is 0 Å². The number of aryl methyl sites for hydroxylation is 1. The number of rotatable bonds is 6. The summed E-state index contributed by atoms with van der Waals surface area (Å²) in [6.07, 6.45) is 4.77. The molecule has 0 saturated carbocycles. The largest absolute Gasteiger partial charge is 0.496 e. The van der Waals surface area contributed by atoms with Crippen molar-refractivity contribution in [1.82, 2.24) is 15.5 Å². The highest BCUT2D eigenvalue weighted by atomic mass is 127. The maximum atomic E-state index is 5.66. The van der Waals surface area contributed by atoms with Gasteiger partial charge in [-0.25, -0.2) is 0 Å². The molecule has 7 heteroatoms. The van der Waals surface area contributed by atoms with Crippen molar-refractivity contribution in [2.75, 3.05) is 47.0 Å². The van der Waals surface area contributed by atoms with Crippen molar-refractivity contribution in [2.24, 2.45) is 4.99 Å². The fraction of sp³-hybridized carbons (Fsp3) is 0.682. The second-order valence-corrected chi connectivity index (χ2v) is 8.07. The number of guanidine groups is 1. The molecule has 1 unspecified atom stereocenters. The summed E-state index contributed by atoms with van der Waals surface area (Å²) in [5, 5.41) is 7.15. The number of likely N-dealkylation sites (tertiary alicyclic amines) is 1. The molecule has 3 rings (SSSR count). The van der Waals surface area contributed by atoms with Gasteiger partial charge >= 0.3 is 0 Å². The number of hydrogen-bond acceptors (Lipinski definition) is 4. The summed E-state index contributed by atoms with van der Waals surface area (Å²) >= 11 is 0. The first kappa shape index (κ1) is 24.2. The number of nitrogens with zero attached hydrogens (tertiary/aromatic N) is 2. The molecule has 2 aliphatic heterocycles. The fourth-order valence-corrected chi connectivity index (χ4v) is 4.47. The van der Waals surface area contributed by atoms with E-state index in [0.717, 1.165) is 49.9 Å². The maximum Gasteiger partial charge on any atom is 0.191 e. The molecular formula is C22H37IN4O2. The van der Waals surface area contributed by atoms with E-state index in [4.69, 9.17) is 9.47 Å². The van der Waals surface area contributed by atoms with Gasteiger partial charge in [0.25, 0.3) is 0 Å². The summed E-state index contributed by atoms with van der Waals surface area (Å²) in [5.41, 5.74) is 2.55. The van der Waals surface area contributed by atoms with Gasteiger partial charge in [-0.15, -0.1) is 24.0 Å². The minimum atomic E-state index is 0. The van der Waals surface area contributed by atoms with Crippen molar-refractivity contribution in [2.45, 2.75) is 51.1 Å². The van der Waals surface area contributed by atoms with Crippen LogP contribution in [0.25, 0.3) is 0 Å². The van der Waals surface area contributed by atoms with Gasteiger partial charge in [0.15, 0.2) is 5.96 Å². The summed E-state index contributed by atoms with van der Waals surface area (Å²) < 4.78 is 11.2. The number of hydrogen-bond donors (Lipinski definition) is 2. The maximum absolute atomic E-state index is 5.66. The number of nitrogens with one attached hydrogen (secondary N) is 2. The van der Waals surface area contributed by atoms with Crippen molar-refractivity contribution in [3.63, 3.8) is 0 Å². The standard InChI is InChI=1S/C22H36N4O2.HI/c1-17-7-8-20(27-4)19(15-17)18(2)25-21(23-3)24-16-22(9-13-28-14-10-22)26-11-5-6-12-26;/h7-8,15,18H,5-6,9-14,16H2,1-4H3,(H2,23,24,25);1H. The Morgan fingerprint density at radius 2 is 1.97 bits per heavy atom. The molecule has 0 aromatic heterocycles. The van der Waals surface area contributed by atoms with Gasteiger partial charge in [0, 0.05) is 37.9 Å². The first-order valence-electron chi connectivity index (χ1n) is 10.5. The number of benzene rings is 1. The molecule has 1 atom stereocenters. The SMILES string of the molecule is CN=C(NCC1(N2CCCC2)CCOCC1)NC(C)c1cc(C)ccc1OC.I. The summed E-state index contributed by atoms with van der Waals surface area (Å²) in [5.74, 6) is 1.74. The second kappa shape index (κ2) is 11.4. The van der Waals surface area contributed by atoms with Gasteiger partial charge in [0.05, 0.1) is 13.2 Å². The number of methoxy groups -OCH3 is 1. The minimum Gasteiger partial charge on any atom is -0.496 e. The Morgan fingerprint density at radius 1 is 1.28 bits per heavy atom. The van der Waals surface area contributed by atoms with Crippen LogP contribution in [0.4, 0.5) is 0 Å². The van der Waals surface area contributed by atoms with Crippen LogP contribution in [0, 0.1) is 6.92 Å². The van der Waals surface area contributed by atoms with Gasteiger partial charge in [0.2, 0.25) is 0 Å². The molecule has 29 heavy (non-hydrogen) atoms. The normalized spacial score (nSPS) is 20.6. The van der Waals surface area contributed by atoms with E-state index in [1.165, 1.54) is 31.5 Å². The van der Waals surface area contributed by atoms with Crippen molar-refractivity contribution >= 4 is 29.9 Å². The summed E-state index contributed by atoms with van der Waals surface area (Å²) in [7, 11) is 3.56. The molecule has 0 aliphatic carbocycles. The van der Waals surface area contributed by atoms with Gasteiger partial charge in [-0.3, -0.25) is 9.89 Å². The lowest BCUT2D eigenvalue weighted by atomic mass is 9.88. The Bertz CT molecular complexity index is 671. The molecule has 1 aromatic carbocycles. The van der Waals surface area contributed by atoms with Crippen LogP contribution in [-0.4, -0.2) is 63.4 Å². The van der Waals surface area contributed by atoms with Crippen molar-refractivity contribution in [3.8, 4) is 5.75 Å². The molecule has 2 N–H and O–H groups in total. The zero-order valence-electron chi connectivity index (χ0n) is 18.3. The van der Waals surface area contributed by atoms with E-state index in [2.05, 4.69) is 46.5 Å². The van der Waals surface area contributed by atoms with E-state index in [9.17, 15) is 0 Å². The Balaban J connectivity index is 0.00000300. The second-order valence-electron chi connectivity index (χ2n) is 8.07. The summed E-state index contributed by atoms with van der Waals surface area (Å²) in [4.78, 5) is 7.15. The van der Waals surface area contributed by atoms with E-state index < -0.39 is 0 Å². The molecule has 164 valence electrons. The lowest BCUT2D eigenvalue weighted by molar-refractivity contribution is -0.0164. The molecule has 2 heterocycles. The predicted molar refractivity (Wildman–Crippen MR) is 130 cm³/mol. The molecule has 0 radical (unpaired) electrons. The predicted octanol–water partition coefficient (Wildman–Crippen LogP) is 3.49. The smallest absolute Gasteiger partial charge is 0.191 e. The number of ether oxygens (including phenoxy) is 2. The van der Waals surface area contributed by atoms with E-state index in [1.807, 2.05) is 13.1 Å². The highest BCUT2D eigenvalue weighted by Crippen LogP contribution is 2.31. The van der Waals surface area contributed by atoms with E-state index in [-0.39, 0.29) is 35.6 Å². The minimum absolute atomic E-state index is 0. The lowest BCUT2D eigenvalue weighted by Gasteiger charge is -2.45. The third-order valence-electron chi connectivity index (χ3n) is 6.21. The molecule has 2 fully saturated rings. The van der Waals surface area contributed by atoms with E-state index in [1.54, 1.807) is 7.11 Å². The van der Waals surface area contributed by atoms with Crippen LogP contribution in [0.15, 0.2) is 23.2 Å². The molecule has 2 saturated heterocycles. The lowest BCUT2D eigenvalue weighted by Crippen LogP contribution is -2.58. The van der Waals surface area contributed by atoms with Crippen LogP contribution in [0.3, 0.4) is 0 Å². The average molecular weight is 516 g/mol. The zero-order chi connectivity index (χ0) is 20.0. The Hall–Kier alpha value is -1.06. The van der Waals surface area contributed by atoms with Crippen LogP contribution < -0.4 is 15.4 Å². The molecule has 6 nitrogen and oxygen atoms in total. The molecule has 1 aromatic rings. The third kappa shape index (κ3) is 5.98. The topological polar surface area (TPSA) is 58.1 Å². The van der Waals surface area contributed by atoms with Crippen molar-refractivity contribution in [1.29, 1.82) is 0 Å². The monoisotopic (exact) mass is 516 g/mol. The van der Waals surface area contributed by atoms with Crippen LogP contribution in [0.1, 0.15) is 49.8 Å². The Morgan fingerprint density at radius 3 is 2.59 bits per heavy atom. The highest BCUT2D eigenvalue weighted by Gasteiger charge is 2.39. The molecular weight excluding hydrogens is 479 g/mol. The van der Waals surface area contributed by atoms with E-state index in [0.29, 0.717) is 0 Å². The quantitative estimate of drug-likeness (QED) is 0.345. The van der Waals surface area contributed by atoms with Crippen LogP contribution in [0.2, 0.25) is 0 Å². The van der Waals surface area contributed by atoms with Crippen molar-refractivity contribution < 1.29 is 9.47 Å². The zero-order valence-corrected chi connectivity index (χ0v) is 20.6. The van der Waals surface area contributed by atoms with Crippen LogP contribution in [0.5, 0.6) is 5.75 Å². The first-order chi connectivity index (χ1) is 13.6. The van der Waals surface area contributed by atoms with Gasteiger partial charge in [0.1, 0.15) is 5.75 Å². The van der Waals surface area contributed by atoms with Crippen LogP contribution in [-0.2, 0) is 4.74 Å². The van der Waals surface area contributed by atoms with Crippen molar-refractivity contribution in [3.05, 3.63) is 29.3 Å². The average Bonchev–Trinajstić information content (AvgIpc) is 3.27. The summed E-state index contributed by atoms with van der Waals surface area (Å²) in [6.45, 7) is 9.24. The molecule has 2 aliphatic rings. The molecule has 0 amide bonds. The van der Waals surface area contributed by atoms with Gasteiger partial charge in [-0.1, -0.05) is 17.7 Å². The Kier molecular flexibility index (Phi) is 9.49. The third-order valence-corrected chi connectivity index (χ3v) is 6.21. The van der Waals surface area contributed by atoms with Gasteiger partial charge in [-0.05, 0) is 58.7 Å². The van der Waals surface area contributed by atoms with E-state index >= 15 is 0 Å². The molecule has 0 spiro atoms. The first-order valence-corrected chi connectivity index (χ1v) is 10.5. The summed E-state index contributed by atoms with van der Waals surface area (Å²) in [6, 6.07) is 6.38. The number of halogens is 1. The highest BCUT2D eigenvalue weighted by molar-refractivity contribution is 14.0. The van der Waals surface area contributed by atoms with Gasteiger partial charge < -0.3 is 20.1 Å². The Labute approximate surface area is 192 Å². The fourth-order valence-electron chi connectivity index (χ4n) is 4.47. The number of aliphatic imine (C=N–C) groups is 1. The van der Waals surface area contributed by atoms with Crippen LogP contribution >= 0.6 is 24.0 Å².